The average molecular weight is 518 g/mol. The fourth-order valence-corrected chi connectivity index (χ4v) is 6.96. The molecule has 2 saturated carbocycles. The van der Waals surface area contributed by atoms with E-state index in [-0.39, 0.29) is 61.8 Å². The van der Waals surface area contributed by atoms with Crippen molar-refractivity contribution in [3.63, 3.8) is 0 Å². The summed E-state index contributed by atoms with van der Waals surface area (Å²) in [7, 11) is -2.23. The molecule has 0 unspecified atom stereocenters. The summed E-state index contributed by atoms with van der Waals surface area (Å²) in [6.45, 7) is 1.14. The van der Waals surface area contributed by atoms with Gasteiger partial charge in [0.15, 0.2) is 5.82 Å². The third-order valence-electron chi connectivity index (χ3n) is 8.81. The Balaban J connectivity index is 1.30. The molecule has 2 atom stereocenters. The first-order chi connectivity index (χ1) is 16.4. The highest BCUT2D eigenvalue weighted by molar-refractivity contribution is 7.88. The van der Waals surface area contributed by atoms with Crippen molar-refractivity contribution in [2.75, 3.05) is 32.9 Å². The second-order valence-electron chi connectivity index (χ2n) is 10.9. The Labute approximate surface area is 203 Å². The third-order valence-corrected chi connectivity index (χ3v) is 10.2. The van der Waals surface area contributed by atoms with Gasteiger partial charge in [0, 0.05) is 50.9 Å². The summed E-state index contributed by atoms with van der Waals surface area (Å²) in [6, 6.07) is -0.480. The fourth-order valence-electron chi connectivity index (χ4n) is 6.06. The summed E-state index contributed by atoms with van der Waals surface area (Å²) in [5, 5.41) is 17.8. The first kappa shape index (κ1) is 25.0. The smallest absolute Gasteiger partial charge is 0.249 e. The molecule has 0 aromatic carbocycles. The van der Waals surface area contributed by atoms with Crippen molar-refractivity contribution >= 4 is 15.9 Å². The number of carbonyl (C=O) groups excluding carboxylic acids is 1. The number of likely N-dealkylation sites (tertiary alicyclic amines) is 1. The molecule has 35 heavy (non-hydrogen) atoms. The number of aromatic nitrogens is 2. The number of sulfonamides is 1. The lowest BCUT2D eigenvalue weighted by Crippen LogP contribution is -2.62. The van der Waals surface area contributed by atoms with E-state index in [1.807, 2.05) is 0 Å². The summed E-state index contributed by atoms with van der Waals surface area (Å²) in [5.74, 6) is -3.14. The Morgan fingerprint density at radius 3 is 2.40 bits per heavy atom. The molecule has 4 aliphatic rings. The molecule has 1 aromatic rings. The van der Waals surface area contributed by atoms with Gasteiger partial charge in [-0.15, -0.1) is 0 Å². The van der Waals surface area contributed by atoms with Crippen LogP contribution in [0.5, 0.6) is 0 Å². The number of hydrogen-bond acceptors (Lipinski definition) is 8. The quantitative estimate of drug-likeness (QED) is 0.596. The van der Waals surface area contributed by atoms with E-state index in [1.54, 1.807) is 4.90 Å². The van der Waals surface area contributed by atoms with Gasteiger partial charge in [-0.1, -0.05) is 11.6 Å². The molecule has 10 nitrogen and oxygen atoms in total. The fraction of sp³-hybridized carbons (Fsp3) is 0.864. The van der Waals surface area contributed by atoms with Gasteiger partial charge < -0.3 is 19.8 Å². The zero-order valence-corrected chi connectivity index (χ0v) is 20.9. The lowest BCUT2D eigenvalue weighted by molar-refractivity contribution is -0.142. The Hall–Kier alpha value is -1.70. The van der Waals surface area contributed by atoms with Crippen LogP contribution in [-0.2, 0) is 20.4 Å². The molecule has 0 radical (unpaired) electrons. The monoisotopic (exact) mass is 517 g/mol. The zero-order chi connectivity index (χ0) is 25.2. The van der Waals surface area contributed by atoms with E-state index < -0.39 is 39.5 Å². The maximum absolute atomic E-state index is 13.3. The van der Waals surface area contributed by atoms with Crippen molar-refractivity contribution in [3.05, 3.63) is 11.7 Å². The minimum Gasteiger partial charge on any atom is -0.392 e. The number of nitrogens with zero attached hydrogens (tertiary/aromatic N) is 4. The molecule has 2 saturated heterocycles. The molecular formula is C22H33F2N5O5S. The second kappa shape index (κ2) is 8.42. The van der Waals surface area contributed by atoms with Crippen LogP contribution >= 0.6 is 0 Å². The van der Waals surface area contributed by atoms with Gasteiger partial charge in [-0.25, -0.2) is 17.2 Å². The van der Waals surface area contributed by atoms with Crippen LogP contribution in [0.15, 0.2) is 4.52 Å². The number of rotatable bonds is 5. The van der Waals surface area contributed by atoms with E-state index in [4.69, 9.17) is 4.52 Å². The van der Waals surface area contributed by atoms with E-state index in [2.05, 4.69) is 15.5 Å². The number of carbonyl (C=O) groups is 1. The molecular weight excluding hydrogens is 484 g/mol. The predicted molar refractivity (Wildman–Crippen MR) is 120 cm³/mol. The Morgan fingerprint density at radius 2 is 1.89 bits per heavy atom. The number of amides is 1. The summed E-state index contributed by atoms with van der Waals surface area (Å²) in [5.41, 5.74) is -1.27. The van der Waals surface area contributed by atoms with Crippen LogP contribution in [0.4, 0.5) is 8.78 Å². The summed E-state index contributed by atoms with van der Waals surface area (Å²) in [6.07, 6.45) is 3.71. The number of aliphatic hydroxyl groups excluding tert-OH is 1. The SMILES string of the molecule is CN(C1(c2nc(C3CC(F)(F)C3)no2)CCN(C(=O)[C@@H]2C[C@@H](O)C3(CCC3)CN2)CC1)S(C)(=O)=O. The second-order valence-corrected chi connectivity index (χ2v) is 12.9. The number of alkyl halides is 2. The lowest BCUT2D eigenvalue weighted by atomic mass is 9.62. The topological polar surface area (TPSA) is 129 Å². The van der Waals surface area contributed by atoms with Gasteiger partial charge in [-0.2, -0.15) is 9.29 Å². The molecule has 196 valence electrons. The van der Waals surface area contributed by atoms with Crippen molar-refractivity contribution in [1.82, 2.24) is 24.7 Å². The van der Waals surface area contributed by atoms with Gasteiger partial charge in [-0.3, -0.25) is 4.79 Å². The standard InChI is InChI=1S/C22H33F2N5O5S/c1-28(35(2,32)33)21(19-26-17(27-34-19)14-11-22(23,24)12-14)6-8-29(9-7-21)18(31)15-10-16(30)20(13-25-15)4-3-5-20/h14-16,25,30H,3-13H2,1-2H3/t15-,16+/m0/s1. The summed E-state index contributed by atoms with van der Waals surface area (Å²) >= 11 is 0. The number of aliphatic hydroxyl groups is 1. The van der Waals surface area contributed by atoms with E-state index >= 15 is 0 Å². The van der Waals surface area contributed by atoms with Gasteiger partial charge in [0.05, 0.1) is 18.4 Å². The van der Waals surface area contributed by atoms with E-state index in [9.17, 15) is 27.1 Å². The van der Waals surface area contributed by atoms with Gasteiger partial charge in [0.25, 0.3) is 0 Å². The van der Waals surface area contributed by atoms with E-state index in [1.165, 1.54) is 11.4 Å². The molecule has 1 spiro atoms. The van der Waals surface area contributed by atoms with Crippen LogP contribution in [0.2, 0.25) is 0 Å². The van der Waals surface area contributed by atoms with Crippen molar-refractivity contribution in [2.45, 2.75) is 80.9 Å². The average Bonchev–Trinajstić information content (AvgIpc) is 3.25. The molecule has 4 fully saturated rings. The first-order valence-electron chi connectivity index (χ1n) is 12.2. The summed E-state index contributed by atoms with van der Waals surface area (Å²) in [4.78, 5) is 19.3. The molecule has 1 aromatic heterocycles. The van der Waals surface area contributed by atoms with Crippen LogP contribution in [-0.4, -0.2) is 89.8 Å². The highest BCUT2D eigenvalue weighted by Crippen LogP contribution is 2.49. The number of halogens is 2. The maximum Gasteiger partial charge on any atom is 0.249 e. The van der Waals surface area contributed by atoms with Gasteiger partial charge >= 0.3 is 0 Å². The van der Waals surface area contributed by atoms with Crippen LogP contribution in [0.25, 0.3) is 0 Å². The van der Waals surface area contributed by atoms with Crippen LogP contribution in [0, 0.1) is 5.41 Å². The highest BCUT2D eigenvalue weighted by atomic mass is 32.2. The molecule has 3 heterocycles. The molecule has 0 bridgehead atoms. The van der Waals surface area contributed by atoms with Crippen molar-refractivity contribution < 1.29 is 31.6 Å². The maximum atomic E-state index is 13.3. The molecule has 13 heteroatoms. The summed E-state index contributed by atoms with van der Waals surface area (Å²) < 4.78 is 58.3. The Kier molecular flexibility index (Phi) is 6.01. The molecule has 1 amide bonds. The van der Waals surface area contributed by atoms with Gasteiger partial charge in [0.2, 0.25) is 27.7 Å². The first-order valence-corrected chi connectivity index (χ1v) is 14.1. The number of hydrogen-bond donors (Lipinski definition) is 2. The molecule has 2 aliphatic heterocycles. The third kappa shape index (κ3) is 4.27. The highest BCUT2D eigenvalue weighted by Gasteiger charge is 2.53. The zero-order valence-electron chi connectivity index (χ0n) is 20.0. The van der Waals surface area contributed by atoms with Crippen LogP contribution < -0.4 is 5.32 Å². The minimum atomic E-state index is -3.67. The molecule has 5 rings (SSSR count). The number of nitrogens with one attached hydrogen (secondary N) is 1. The molecule has 2 aliphatic carbocycles. The van der Waals surface area contributed by atoms with Crippen LogP contribution in [0.3, 0.4) is 0 Å². The van der Waals surface area contributed by atoms with E-state index in [0.29, 0.717) is 13.0 Å². The normalized spacial score (nSPS) is 30.2. The predicted octanol–water partition coefficient (Wildman–Crippen LogP) is 1.18. The van der Waals surface area contributed by atoms with Crippen LogP contribution in [0.1, 0.15) is 69.0 Å². The van der Waals surface area contributed by atoms with Gasteiger partial charge in [0.1, 0.15) is 5.54 Å². The van der Waals surface area contributed by atoms with Crippen molar-refractivity contribution in [2.24, 2.45) is 5.41 Å². The van der Waals surface area contributed by atoms with Gasteiger partial charge in [-0.05, 0) is 32.1 Å². The molecule has 2 N–H and O–H groups in total. The minimum absolute atomic E-state index is 0.0703. The van der Waals surface area contributed by atoms with Crippen molar-refractivity contribution in [1.29, 1.82) is 0 Å². The number of piperidine rings is 2. The largest absolute Gasteiger partial charge is 0.392 e. The van der Waals surface area contributed by atoms with E-state index in [0.717, 1.165) is 25.5 Å². The lowest BCUT2D eigenvalue weighted by Gasteiger charge is -2.51. The Morgan fingerprint density at radius 1 is 1.23 bits per heavy atom. The Bertz CT molecular complexity index is 1080. The van der Waals surface area contributed by atoms with Crippen molar-refractivity contribution in [3.8, 4) is 0 Å².